The number of hydrogen-bond donors (Lipinski definition) is 1. The average Bonchev–Trinajstić information content (AvgIpc) is 2.85. The van der Waals surface area contributed by atoms with E-state index in [0.29, 0.717) is 28.0 Å². The highest BCUT2D eigenvalue weighted by Gasteiger charge is 2.17. The van der Waals surface area contributed by atoms with Crippen LogP contribution in [-0.4, -0.2) is 22.4 Å². The van der Waals surface area contributed by atoms with Gasteiger partial charge in [0.05, 0.1) is 39.3 Å². The zero-order valence-corrected chi connectivity index (χ0v) is 14.6. The zero-order valence-electron chi connectivity index (χ0n) is 13.1. The molecule has 0 saturated carbocycles. The molecule has 3 aromatic rings. The summed E-state index contributed by atoms with van der Waals surface area (Å²) in [6.45, 7) is 2.33. The highest BCUT2D eigenvalue weighted by molar-refractivity contribution is 6.40. The molecule has 0 fully saturated rings. The first-order chi connectivity index (χ1) is 11.5. The maximum atomic E-state index is 12.6. The summed E-state index contributed by atoms with van der Waals surface area (Å²) in [5.41, 5.74) is 3.22. The molecule has 124 valence electrons. The van der Waals surface area contributed by atoms with Crippen LogP contribution in [0.1, 0.15) is 21.7 Å². The molecule has 7 heteroatoms. The molecule has 0 unspecified atom stereocenters. The second-order valence-electron chi connectivity index (χ2n) is 5.24. The van der Waals surface area contributed by atoms with Gasteiger partial charge in [-0.1, -0.05) is 29.3 Å². The van der Waals surface area contributed by atoms with Gasteiger partial charge in [-0.2, -0.15) is 0 Å². The van der Waals surface area contributed by atoms with Gasteiger partial charge >= 0.3 is 0 Å². The second-order valence-corrected chi connectivity index (χ2v) is 6.06. The van der Waals surface area contributed by atoms with Gasteiger partial charge in [0.1, 0.15) is 0 Å². The Hall–Kier alpha value is -2.08. The highest BCUT2D eigenvalue weighted by atomic mass is 35.5. The molecule has 0 atom stereocenters. The Morgan fingerprint density at radius 3 is 2.62 bits per heavy atom. The predicted molar refractivity (Wildman–Crippen MR) is 95.1 cm³/mol. The third-order valence-corrected chi connectivity index (χ3v) is 4.30. The summed E-state index contributed by atoms with van der Waals surface area (Å²) >= 11 is 12.2. The van der Waals surface area contributed by atoms with Gasteiger partial charge in [0.2, 0.25) is 0 Å². The molecule has 0 radical (unpaired) electrons. The normalized spacial score (nSPS) is 11.0. The summed E-state index contributed by atoms with van der Waals surface area (Å²) in [6.07, 6.45) is 1.88. The lowest BCUT2D eigenvalue weighted by Gasteiger charge is -2.10. The number of aromatic nitrogens is 2. The maximum absolute atomic E-state index is 12.6. The molecule has 3 rings (SSSR count). The number of aryl methyl sites for hydroxylation is 1. The van der Waals surface area contributed by atoms with E-state index in [2.05, 4.69) is 10.3 Å². The number of anilines is 1. The quantitative estimate of drug-likeness (QED) is 0.749. The molecule has 0 bridgehead atoms. The van der Waals surface area contributed by atoms with Gasteiger partial charge in [0, 0.05) is 13.3 Å². The van der Waals surface area contributed by atoms with Gasteiger partial charge in [-0.3, -0.25) is 9.20 Å². The number of ether oxygens (including phenoxy) is 1. The standard InChI is InChI=1S/C17H15Cl2N3O2/c1-10-14(9-24-2)22-8-4-7-13(16(22)20-10)21-17(23)15-11(18)5-3-6-12(15)19/h3-8H,9H2,1-2H3,(H,21,23). The minimum absolute atomic E-state index is 0.239. The molecule has 1 aromatic carbocycles. The fourth-order valence-corrected chi connectivity index (χ4v) is 3.11. The molecule has 2 aromatic heterocycles. The molecule has 2 heterocycles. The topological polar surface area (TPSA) is 55.6 Å². The Morgan fingerprint density at radius 1 is 1.25 bits per heavy atom. The van der Waals surface area contributed by atoms with Gasteiger partial charge in [-0.05, 0) is 31.2 Å². The van der Waals surface area contributed by atoms with Gasteiger partial charge in [-0.25, -0.2) is 4.98 Å². The third-order valence-electron chi connectivity index (χ3n) is 3.67. The maximum Gasteiger partial charge on any atom is 0.258 e. The zero-order chi connectivity index (χ0) is 17.3. The molecule has 24 heavy (non-hydrogen) atoms. The van der Waals surface area contributed by atoms with E-state index in [1.807, 2.05) is 23.6 Å². The number of carbonyl (C=O) groups excluding carboxylic acids is 1. The van der Waals surface area contributed by atoms with Crippen LogP contribution < -0.4 is 5.32 Å². The van der Waals surface area contributed by atoms with E-state index < -0.39 is 0 Å². The third kappa shape index (κ3) is 2.98. The van der Waals surface area contributed by atoms with Crippen LogP contribution in [0.3, 0.4) is 0 Å². The largest absolute Gasteiger partial charge is 0.378 e. The first kappa shape index (κ1) is 16.8. The van der Waals surface area contributed by atoms with Crippen molar-refractivity contribution in [2.24, 2.45) is 0 Å². The molecular weight excluding hydrogens is 349 g/mol. The summed E-state index contributed by atoms with van der Waals surface area (Å²) in [4.78, 5) is 17.1. The van der Waals surface area contributed by atoms with Crippen molar-refractivity contribution in [2.45, 2.75) is 13.5 Å². The van der Waals surface area contributed by atoms with Gasteiger partial charge in [0.15, 0.2) is 5.65 Å². The van der Waals surface area contributed by atoms with E-state index in [1.54, 1.807) is 31.4 Å². The number of imidazole rings is 1. The Balaban J connectivity index is 2.02. The Kier molecular flexibility index (Phi) is 4.76. The fourth-order valence-electron chi connectivity index (χ4n) is 2.54. The average molecular weight is 364 g/mol. The number of nitrogens with zero attached hydrogens (tertiary/aromatic N) is 2. The van der Waals surface area contributed by atoms with Gasteiger partial charge < -0.3 is 10.1 Å². The molecular formula is C17H15Cl2N3O2. The number of nitrogens with one attached hydrogen (secondary N) is 1. The highest BCUT2D eigenvalue weighted by Crippen LogP contribution is 2.26. The van der Waals surface area contributed by atoms with Crippen LogP contribution in [0.5, 0.6) is 0 Å². The second kappa shape index (κ2) is 6.81. The minimum Gasteiger partial charge on any atom is -0.378 e. The molecule has 0 aliphatic rings. The summed E-state index contributed by atoms with van der Waals surface area (Å²) in [5, 5.41) is 3.43. The van der Waals surface area contributed by atoms with E-state index in [4.69, 9.17) is 27.9 Å². The summed E-state index contributed by atoms with van der Waals surface area (Å²) in [5.74, 6) is -0.382. The van der Waals surface area contributed by atoms with Gasteiger partial charge in [-0.15, -0.1) is 0 Å². The molecule has 0 aliphatic carbocycles. The molecule has 0 spiro atoms. The number of halogens is 2. The van der Waals surface area contributed by atoms with E-state index in [9.17, 15) is 4.79 Å². The molecule has 5 nitrogen and oxygen atoms in total. The molecule has 0 aliphatic heterocycles. The van der Waals surface area contributed by atoms with E-state index in [0.717, 1.165) is 11.4 Å². The SMILES string of the molecule is COCc1c(C)nc2c(NC(=O)c3c(Cl)cccc3Cl)cccn12. The Bertz CT molecular complexity index is 901. The Morgan fingerprint density at radius 2 is 1.96 bits per heavy atom. The molecule has 1 N–H and O–H groups in total. The van der Waals surface area contributed by atoms with Crippen LogP contribution in [0, 0.1) is 6.92 Å². The number of hydrogen-bond acceptors (Lipinski definition) is 3. The first-order valence-electron chi connectivity index (χ1n) is 7.23. The number of benzene rings is 1. The minimum atomic E-state index is -0.382. The van der Waals surface area contributed by atoms with Crippen LogP contribution in [0.15, 0.2) is 36.5 Å². The lowest BCUT2D eigenvalue weighted by Crippen LogP contribution is -2.14. The van der Waals surface area contributed by atoms with Crippen LogP contribution in [0.25, 0.3) is 5.65 Å². The predicted octanol–water partition coefficient (Wildman–Crippen LogP) is 4.35. The number of methoxy groups -OCH3 is 1. The summed E-state index contributed by atoms with van der Waals surface area (Å²) < 4.78 is 7.11. The van der Waals surface area contributed by atoms with Crippen LogP contribution in [0.2, 0.25) is 10.0 Å². The number of fused-ring (bicyclic) bond motifs is 1. The van der Waals surface area contributed by atoms with E-state index in [1.165, 1.54) is 0 Å². The van der Waals surface area contributed by atoms with Crippen LogP contribution in [-0.2, 0) is 11.3 Å². The van der Waals surface area contributed by atoms with Crippen molar-refractivity contribution >= 4 is 40.4 Å². The van der Waals surface area contributed by atoms with Crippen molar-refractivity contribution in [1.82, 2.24) is 9.38 Å². The van der Waals surface area contributed by atoms with E-state index >= 15 is 0 Å². The van der Waals surface area contributed by atoms with Crippen molar-refractivity contribution in [3.05, 3.63) is 63.5 Å². The monoisotopic (exact) mass is 363 g/mol. The van der Waals surface area contributed by atoms with Crippen LogP contribution in [0.4, 0.5) is 5.69 Å². The fraction of sp³-hybridized carbons (Fsp3) is 0.176. The first-order valence-corrected chi connectivity index (χ1v) is 7.99. The van der Waals surface area contributed by atoms with Crippen molar-refractivity contribution < 1.29 is 9.53 Å². The summed E-state index contributed by atoms with van der Waals surface area (Å²) in [7, 11) is 1.63. The number of carbonyl (C=O) groups is 1. The Labute approximate surface area is 149 Å². The molecule has 0 saturated heterocycles. The van der Waals surface area contributed by atoms with Crippen LogP contribution >= 0.6 is 23.2 Å². The van der Waals surface area contributed by atoms with Crippen molar-refractivity contribution in [1.29, 1.82) is 0 Å². The number of rotatable bonds is 4. The van der Waals surface area contributed by atoms with Crippen molar-refractivity contribution in [3.63, 3.8) is 0 Å². The summed E-state index contributed by atoms with van der Waals surface area (Å²) in [6, 6.07) is 8.55. The molecule has 1 amide bonds. The lowest BCUT2D eigenvalue weighted by atomic mass is 10.2. The number of pyridine rings is 1. The lowest BCUT2D eigenvalue weighted by molar-refractivity contribution is 0.102. The van der Waals surface area contributed by atoms with Crippen molar-refractivity contribution in [3.8, 4) is 0 Å². The van der Waals surface area contributed by atoms with Crippen molar-refractivity contribution in [2.75, 3.05) is 12.4 Å². The van der Waals surface area contributed by atoms with Gasteiger partial charge in [0.25, 0.3) is 5.91 Å². The van der Waals surface area contributed by atoms with E-state index in [-0.39, 0.29) is 11.5 Å². The number of amides is 1. The smallest absolute Gasteiger partial charge is 0.258 e.